The number of allylic oxidation sites excluding steroid dienone is 4. The minimum atomic E-state index is -0.673. The maximum absolute atomic E-state index is 14.1. The molecule has 1 saturated heterocycles. The monoisotopic (exact) mass is 512 g/mol. The van der Waals surface area contributed by atoms with Crippen LogP contribution in [0, 0.1) is 39.4 Å². The number of hydrogen-bond acceptors (Lipinski definition) is 5. The largest absolute Gasteiger partial charge is 0.462 e. The minimum absolute atomic E-state index is 0.0144. The fraction of sp³-hybridized carbons (Fsp3) is 0.812. The SMILES string of the molecule is CC(=O)O[C@H]1C[C@@]2(C)C3CCC4C(C)(C)[C@@H](O)CC[C@]4(C)C3=CCC23C(=O)O[C@@](C)(CCC=C(C)C)C13. The van der Waals surface area contributed by atoms with Crippen molar-refractivity contribution in [2.24, 2.45) is 39.4 Å². The maximum atomic E-state index is 14.1. The van der Waals surface area contributed by atoms with Gasteiger partial charge >= 0.3 is 11.9 Å². The summed E-state index contributed by atoms with van der Waals surface area (Å²) >= 11 is 0. The van der Waals surface area contributed by atoms with Gasteiger partial charge in [-0.3, -0.25) is 9.59 Å². The number of cyclic esters (lactones) is 1. The van der Waals surface area contributed by atoms with Gasteiger partial charge in [-0.2, -0.15) is 0 Å². The summed E-state index contributed by atoms with van der Waals surface area (Å²) in [6.07, 6.45) is 10.8. The third-order valence-electron chi connectivity index (χ3n) is 12.1. The van der Waals surface area contributed by atoms with Gasteiger partial charge in [-0.15, -0.1) is 0 Å². The summed E-state index contributed by atoms with van der Waals surface area (Å²) in [6, 6.07) is 0. The van der Waals surface area contributed by atoms with Gasteiger partial charge in [0, 0.05) is 6.92 Å². The second kappa shape index (κ2) is 8.44. The van der Waals surface area contributed by atoms with E-state index in [2.05, 4.69) is 60.6 Å². The molecule has 0 radical (unpaired) electrons. The van der Waals surface area contributed by atoms with Crippen molar-refractivity contribution in [1.82, 2.24) is 0 Å². The molecule has 0 aromatic heterocycles. The molecule has 0 aromatic carbocycles. The van der Waals surface area contributed by atoms with E-state index in [1.165, 1.54) is 18.1 Å². The number of carbonyl (C=O) groups is 2. The highest BCUT2D eigenvalue weighted by molar-refractivity contribution is 5.84. The number of hydrogen-bond donors (Lipinski definition) is 1. The molecule has 1 spiro atoms. The number of esters is 2. The molecule has 5 aliphatic rings. The van der Waals surface area contributed by atoms with E-state index in [1.54, 1.807) is 0 Å². The Morgan fingerprint density at radius 3 is 2.49 bits per heavy atom. The molecular formula is C32H48O5. The summed E-state index contributed by atoms with van der Waals surface area (Å²) < 4.78 is 12.4. The molecular weight excluding hydrogens is 464 g/mol. The predicted octanol–water partition coefficient (Wildman–Crippen LogP) is 6.54. The van der Waals surface area contributed by atoms with Crippen LogP contribution in [0.15, 0.2) is 23.3 Å². The molecule has 0 bridgehead atoms. The molecule has 0 amide bonds. The second-order valence-electron chi connectivity index (χ2n) is 14.6. The van der Waals surface area contributed by atoms with Crippen molar-refractivity contribution in [3.63, 3.8) is 0 Å². The van der Waals surface area contributed by atoms with Crippen molar-refractivity contribution >= 4 is 11.9 Å². The van der Waals surface area contributed by atoms with Crippen LogP contribution >= 0.6 is 0 Å². The van der Waals surface area contributed by atoms with Crippen LogP contribution in [0.1, 0.15) is 107 Å². The quantitative estimate of drug-likeness (QED) is 0.342. The third-order valence-corrected chi connectivity index (χ3v) is 12.1. The predicted molar refractivity (Wildman–Crippen MR) is 143 cm³/mol. The zero-order chi connectivity index (χ0) is 27.2. The lowest BCUT2D eigenvalue weighted by atomic mass is 9.41. The average molecular weight is 513 g/mol. The van der Waals surface area contributed by atoms with Gasteiger partial charge in [-0.05, 0) is 100 Å². The fourth-order valence-electron chi connectivity index (χ4n) is 10.4. The summed E-state index contributed by atoms with van der Waals surface area (Å²) in [5.41, 5.74) is 0.958. The Hall–Kier alpha value is -1.62. The first-order chi connectivity index (χ1) is 17.1. The zero-order valence-corrected chi connectivity index (χ0v) is 24.3. The maximum Gasteiger partial charge on any atom is 0.314 e. The fourth-order valence-corrected chi connectivity index (χ4v) is 10.4. The molecule has 0 aromatic rings. The molecule has 1 aliphatic heterocycles. The lowest BCUT2D eigenvalue weighted by Gasteiger charge is -2.63. The van der Waals surface area contributed by atoms with Gasteiger partial charge in [0.05, 0.1) is 17.4 Å². The van der Waals surface area contributed by atoms with E-state index >= 15 is 0 Å². The van der Waals surface area contributed by atoms with E-state index in [1.807, 2.05) is 0 Å². The molecule has 1 heterocycles. The van der Waals surface area contributed by atoms with Gasteiger partial charge in [-0.1, -0.05) is 51.0 Å². The summed E-state index contributed by atoms with van der Waals surface area (Å²) in [5, 5.41) is 10.9. The van der Waals surface area contributed by atoms with Gasteiger partial charge in [-0.25, -0.2) is 0 Å². The molecule has 1 N–H and O–H groups in total. The lowest BCUT2D eigenvalue weighted by molar-refractivity contribution is -0.164. The first-order valence-corrected chi connectivity index (χ1v) is 14.6. The average Bonchev–Trinajstić information content (AvgIpc) is 3.17. The molecule has 4 fully saturated rings. The highest BCUT2D eigenvalue weighted by Gasteiger charge is 2.79. The highest BCUT2D eigenvalue weighted by Crippen LogP contribution is 2.76. The van der Waals surface area contributed by atoms with E-state index in [-0.39, 0.29) is 52.2 Å². The lowest BCUT2D eigenvalue weighted by Crippen LogP contribution is -2.58. The normalized spacial score (nSPS) is 47.5. The Balaban J connectivity index is 1.59. The summed E-state index contributed by atoms with van der Waals surface area (Å²) in [6.45, 7) is 16.9. The summed E-state index contributed by atoms with van der Waals surface area (Å²) in [7, 11) is 0. The van der Waals surface area contributed by atoms with Crippen molar-refractivity contribution in [2.45, 2.75) is 125 Å². The Morgan fingerprint density at radius 1 is 1.14 bits per heavy atom. The molecule has 5 nitrogen and oxygen atoms in total. The number of aliphatic hydroxyl groups excluding tert-OH is 1. The van der Waals surface area contributed by atoms with Gasteiger partial charge in [0.1, 0.15) is 11.7 Å². The van der Waals surface area contributed by atoms with Gasteiger partial charge in [0.25, 0.3) is 0 Å². The highest BCUT2D eigenvalue weighted by atomic mass is 16.6. The van der Waals surface area contributed by atoms with Crippen LogP contribution in [-0.2, 0) is 19.1 Å². The van der Waals surface area contributed by atoms with Gasteiger partial charge in [0.15, 0.2) is 0 Å². The number of aliphatic hydroxyl groups is 1. The molecule has 4 aliphatic carbocycles. The minimum Gasteiger partial charge on any atom is -0.462 e. The molecule has 5 heteroatoms. The molecule has 9 atom stereocenters. The van der Waals surface area contributed by atoms with E-state index < -0.39 is 11.0 Å². The zero-order valence-electron chi connectivity index (χ0n) is 24.3. The topological polar surface area (TPSA) is 72.8 Å². The standard InChI is InChI=1S/C32H48O5/c1-19(2)10-9-15-31(8)26-23(36-20(3)33)18-30(7)22-11-12-24-28(4,5)25(34)14-16-29(24,6)21(22)13-17-32(26,30)27(35)37-31/h10,13,22-26,34H,9,11-12,14-18H2,1-8H3/t22?,23-,24?,25-,26?,29+,30-,31-,32?/m0/s1. The number of ether oxygens (including phenoxy) is 2. The van der Waals surface area contributed by atoms with E-state index in [0.717, 1.165) is 38.5 Å². The number of rotatable bonds is 4. The summed E-state index contributed by atoms with van der Waals surface area (Å²) in [5.74, 6) is 0.149. The van der Waals surface area contributed by atoms with Crippen LogP contribution in [0.3, 0.4) is 0 Å². The van der Waals surface area contributed by atoms with Crippen molar-refractivity contribution in [3.05, 3.63) is 23.3 Å². The van der Waals surface area contributed by atoms with Crippen molar-refractivity contribution in [1.29, 1.82) is 0 Å². The van der Waals surface area contributed by atoms with Crippen LogP contribution in [0.2, 0.25) is 0 Å². The van der Waals surface area contributed by atoms with Gasteiger partial charge in [0.2, 0.25) is 0 Å². The van der Waals surface area contributed by atoms with E-state index in [4.69, 9.17) is 9.47 Å². The molecule has 4 unspecified atom stereocenters. The molecule has 5 rings (SSSR count). The van der Waals surface area contributed by atoms with Crippen LogP contribution in [-0.4, -0.2) is 34.9 Å². The molecule has 3 saturated carbocycles. The molecule has 37 heavy (non-hydrogen) atoms. The summed E-state index contributed by atoms with van der Waals surface area (Å²) in [4.78, 5) is 26.4. The Morgan fingerprint density at radius 2 is 1.84 bits per heavy atom. The molecule has 206 valence electrons. The van der Waals surface area contributed by atoms with Crippen molar-refractivity contribution in [2.75, 3.05) is 0 Å². The number of fused-ring (bicyclic) bond motifs is 4. The third kappa shape index (κ3) is 3.51. The van der Waals surface area contributed by atoms with Crippen LogP contribution in [0.5, 0.6) is 0 Å². The Bertz CT molecular complexity index is 1050. The van der Waals surface area contributed by atoms with Crippen LogP contribution < -0.4 is 0 Å². The Labute approximate surface area is 223 Å². The van der Waals surface area contributed by atoms with E-state index in [9.17, 15) is 14.7 Å². The second-order valence-corrected chi connectivity index (χ2v) is 14.6. The first kappa shape index (κ1) is 27.0. The first-order valence-electron chi connectivity index (χ1n) is 14.6. The van der Waals surface area contributed by atoms with Crippen molar-refractivity contribution < 1.29 is 24.2 Å². The van der Waals surface area contributed by atoms with Crippen molar-refractivity contribution in [3.8, 4) is 0 Å². The van der Waals surface area contributed by atoms with Gasteiger partial charge < -0.3 is 14.6 Å². The van der Waals surface area contributed by atoms with Crippen LogP contribution in [0.4, 0.5) is 0 Å². The van der Waals surface area contributed by atoms with E-state index in [0.29, 0.717) is 18.8 Å². The smallest absolute Gasteiger partial charge is 0.314 e. The van der Waals surface area contributed by atoms with Crippen LogP contribution in [0.25, 0.3) is 0 Å². The Kier molecular flexibility index (Phi) is 6.15. The number of carbonyl (C=O) groups excluding carboxylic acids is 2.